The van der Waals surface area contributed by atoms with Crippen LogP contribution in [-0.4, -0.2) is 29.9 Å². The molecule has 0 aromatic rings. The van der Waals surface area contributed by atoms with Crippen molar-refractivity contribution in [3.63, 3.8) is 0 Å². The lowest BCUT2D eigenvalue weighted by molar-refractivity contribution is 0.280. The Kier molecular flexibility index (Phi) is 2.45. The molecular weight excluding hydrogens is 148 g/mol. The van der Waals surface area contributed by atoms with Crippen LogP contribution in [0.1, 0.15) is 34.1 Å². The number of likely N-dealkylation sites (tertiary alicyclic amines) is 1. The van der Waals surface area contributed by atoms with Crippen LogP contribution in [0.4, 0.5) is 0 Å². The maximum Gasteiger partial charge on any atom is 0.0958 e. The summed E-state index contributed by atoms with van der Waals surface area (Å²) in [4.78, 5) is 6.66. The molecule has 1 fully saturated rings. The van der Waals surface area contributed by atoms with E-state index >= 15 is 0 Å². The highest BCUT2D eigenvalue weighted by atomic mass is 15.3. The van der Waals surface area contributed by atoms with E-state index in [4.69, 9.17) is 0 Å². The molecule has 0 aromatic carbocycles. The summed E-state index contributed by atoms with van der Waals surface area (Å²) in [5, 5.41) is 0. The fraction of sp³-hybridized carbons (Fsp3) is 0.900. The predicted molar refractivity (Wildman–Crippen MR) is 53.6 cm³/mol. The summed E-state index contributed by atoms with van der Waals surface area (Å²) in [7, 11) is 1.87. The van der Waals surface area contributed by atoms with Crippen LogP contribution >= 0.6 is 0 Å². The fourth-order valence-corrected chi connectivity index (χ4v) is 2.28. The average molecular weight is 168 g/mol. The van der Waals surface area contributed by atoms with Crippen molar-refractivity contribution < 1.29 is 0 Å². The first-order valence-electron chi connectivity index (χ1n) is 4.68. The molecule has 0 saturated carbocycles. The van der Waals surface area contributed by atoms with Gasteiger partial charge >= 0.3 is 0 Å². The number of rotatable bonds is 0. The van der Waals surface area contributed by atoms with Crippen molar-refractivity contribution in [1.29, 1.82) is 0 Å². The Morgan fingerprint density at radius 2 is 2.08 bits per heavy atom. The van der Waals surface area contributed by atoms with E-state index in [0.29, 0.717) is 5.54 Å². The van der Waals surface area contributed by atoms with Crippen molar-refractivity contribution in [2.24, 2.45) is 10.9 Å². The van der Waals surface area contributed by atoms with Crippen molar-refractivity contribution in [3.8, 4) is 0 Å². The number of hydrogen-bond acceptors (Lipinski definition) is 1. The van der Waals surface area contributed by atoms with Gasteiger partial charge in [0.2, 0.25) is 0 Å². The molecule has 2 heteroatoms. The van der Waals surface area contributed by atoms with Crippen molar-refractivity contribution in [3.05, 3.63) is 0 Å². The molecule has 0 amide bonds. The van der Waals surface area contributed by atoms with Gasteiger partial charge in [0, 0.05) is 19.1 Å². The lowest BCUT2D eigenvalue weighted by Crippen LogP contribution is -2.41. The zero-order valence-corrected chi connectivity index (χ0v) is 8.89. The predicted octanol–water partition coefficient (Wildman–Crippen LogP) is 2.16. The van der Waals surface area contributed by atoms with E-state index in [2.05, 4.69) is 37.6 Å². The first-order chi connectivity index (χ1) is 5.47. The minimum atomic E-state index is 0.309. The second-order valence-electron chi connectivity index (χ2n) is 4.50. The van der Waals surface area contributed by atoms with Crippen LogP contribution in [0.15, 0.2) is 4.99 Å². The summed E-state index contributed by atoms with van der Waals surface area (Å²) in [6.45, 7) is 10.2. The fourth-order valence-electron chi connectivity index (χ4n) is 2.28. The van der Waals surface area contributed by atoms with Gasteiger partial charge in [-0.25, -0.2) is 0 Å². The summed E-state index contributed by atoms with van der Waals surface area (Å²) in [6.07, 6.45) is 1.28. The first-order valence-corrected chi connectivity index (χ1v) is 4.68. The van der Waals surface area contributed by atoms with Crippen LogP contribution in [-0.2, 0) is 0 Å². The minimum Gasteiger partial charge on any atom is -0.355 e. The Labute approximate surface area is 75.7 Å². The van der Waals surface area contributed by atoms with Gasteiger partial charge in [0.05, 0.1) is 5.84 Å². The topological polar surface area (TPSA) is 15.6 Å². The quantitative estimate of drug-likeness (QED) is 0.400. The van der Waals surface area contributed by atoms with E-state index in [0.717, 1.165) is 12.5 Å². The van der Waals surface area contributed by atoms with E-state index in [1.54, 1.807) is 0 Å². The molecule has 0 aromatic heterocycles. The Balaban J connectivity index is 2.78. The van der Waals surface area contributed by atoms with Gasteiger partial charge in [-0.05, 0) is 33.1 Å². The molecule has 0 radical (unpaired) electrons. The maximum absolute atomic E-state index is 4.24. The third-order valence-corrected chi connectivity index (χ3v) is 2.79. The average Bonchev–Trinajstić information content (AvgIpc) is 2.23. The Morgan fingerprint density at radius 3 is 2.42 bits per heavy atom. The normalized spacial score (nSPS) is 29.6. The lowest BCUT2D eigenvalue weighted by atomic mass is 9.98. The van der Waals surface area contributed by atoms with Gasteiger partial charge in [-0.3, -0.25) is 4.99 Å². The number of nitrogens with zero attached hydrogens (tertiary/aromatic N) is 2. The monoisotopic (exact) mass is 168 g/mol. The van der Waals surface area contributed by atoms with Gasteiger partial charge < -0.3 is 4.90 Å². The molecule has 2 nitrogen and oxygen atoms in total. The molecule has 70 valence electrons. The molecule has 1 heterocycles. The molecule has 0 spiro atoms. The zero-order chi connectivity index (χ0) is 9.35. The smallest absolute Gasteiger partial charge is 0.0958 e. The minimum absolute atomic E-state index is 0.309. The summed E-state index contributed by atoms with van der Waals surface area (Å²) >= 11 is 0. The largest absolute Gasteiger partial charge is 0.355 e. The van der Waals surface area contributed by atoms with E-state index in [1.165, 1.54) is 12.3 Å². The number of amidine groups is 1. The summed E-state index contributed by atoms with van der Waals surface area (Å²) in [5.74, 6) is 1.97. The van der Waals surface area contributed by atoms with Gasteiger partial charge in [0.25, 0.3) is 0 Å². The molecule has 0 unspecified atom stereocenters. The van der Waals surface area contributed by atoms with Gasteiger partial charge in [0.15, 0.2) is 0 Å². The Morgan fingerprint density at radius 1 is 1.50 bits per heavy atom. The highest BCUT2D eigenvalue weighted by Crippen LogP contribution is 2.32. The number of aliphatic imine (C=N–C) groups is 1. The molecule has 1 saturated heterocycles. The van der Waals surface area contributed by atoms with Crippen molar-refractivity contribution in [2.45, 2.75) is 39.7 Å². The third kappa shape index (κ3) is 1.62. The van der Waals surface area contributed by atoms with E-state index in [9.17, 15) is 0 Å². The zero-order valence-electron chi connectivity index (χ0n) is 8.89. The molecule has 0 aliphatic carbocycles. The van der Waals surface area contributed by atoms with Gasteiger partial charge in [0.1, 0.15) is 0 Å². The molecule has 1 rings (SSSR count). The third-order valence-electron chi connectivity index (χ3n) is 2.79. The standard InChI is InChI=1S/C10H20N2/c1-8-6-10(3,4)12(7-8)9(2)11-5/h8H,6-7H2,1-5H3/t8-/m0/s1. The summed E-state index contributed by atoms with van der Waals surface area (Å²) in [5.41, 5.74) is 0.309. The lowest BCUT2D eigenvalue weighted by Gasteiger charge is -2.32. The SMILES string of the molecule is CN=C(C)N1C[C@@H](C)CC1(C)C. The van der Waals surface area contributed by atoms with Crippen molar-refractivity contribution in [1.82, 2.24) is 4.90 Å². The summed E-state index contributed by atoms with van der Waals surface area (Å²) < 4.78 is 0. The summed E-state index contributed by atoms with van der Waals surface area (Å²) in [6, 6.07) is 0. The van der Waals surface area contributed by atoms with Gasteiger partial charge in [-0.2, -0.15) is 0 Å². The van der Waals surface area contributed by atoms with Crippen LogP contribution in [0.5, 0.6) is 0 Å². The Bertz CT molecular complexity index is 194. The molecule has 1 aliphatic heterocycles. The van der Waals surface area contributed by atoms with Crippen LogP contribution in [0.2, 0.25) is 0 Å². The van der Waals surface area contributed by atoms with E-state index in [-0.39, 0.29) is 0 Å². The van der Waals surface area contributed by atoms with E-state index < -0.39 is 0 Å². The molecule has 12 heavy (non-hydrogen) atoms. The van der Waals surface area contributed by atoms with Gasteiger partial charge in [-0.15, -0.1) is 0 Å². The van der Waals surface area contributed by atoms with E-state index in [1.807, 2.05) is 7.05 Å². The second kappa shape index (κ2) is 3.08. The van der Waals surface area contributed by atoms with Crippen LogP contribution in [0, 0.1) is 5.92 Å². The van der Waals surface area contributed by atoms with Crippen LogP contribution in [0.25, 0.3) is 0 Å². The second-order valence-corrected chi connectivity index (χ2v) is 4.50. The molecule has 0 bridgehead atoms. The van der Waals surface area contributed by atoms with Crippen LogP contribution < -0.4 is 0 Å². The van der Waals surface area contributed by atoms with Crippen molar-refractivity contribution in [2.75, 3.05) is 13.6 Å². The first kappa shape index (κ1) is 9.56. The molecule has 1 atom stereocenters. The Hall–Kier alpha value is -0.530. The van der Waals surface area contributed by atoms with Crippen LogP contribution in [0.3, 0.4) is 0 Å². The highest BCUT2D eigenvalue weighted by molar-refractivity contribution is 5.80. The number of hydrogen-bond donors (Lipinski definition) is 0. The molecular formula is C10H20N2. The van der Waals surface area contributed by atoms with Crippen molar-refractivity contribution >= 4 is 5.84 Å². The van der Waals surface area contributed by atoms with Gasteiger partial charge in [-0.1, -0.05) is 6.92 Å². The molecule has 0 N–H and O–H groups in total. The maximum atomic E-state index is 4.24. The highest BCUT2D eigenvalue weighted by Gasteiger charge is 2.36. The molecule has 1 aliphatic rings.